The largest absolute Gasteiger partial charge is 0.507 e. The third kappa shape index (κ3) is 8.68. The zero-order chi connectivity index (χ0) is 21.8. The average molecular weight is 410 g/mol. The summed E-state index contributed by atoms with van der Waals surface area (Å²) in [6.07, 6.45) is -3.17. The van der Waals surface area contributed by atoms with Gasteiger partial charge in [0.25, 0.3) is 0 Å². The van der Waals surface area contributed by atoms with Gasteiger partial charge in [-0.05, 0) is 12.1 Å². The number of hydrogen-bond donors (Lipinski definition) is 6. The van der Waals surface area contributed by atoms with E-state index in [0.29, 0.717) is 5.56 Å². The second kappa shape index (κ2) is 12.4. The van der Waals surface area contributed by atoms with Gasteiger partial charge < -0.3 is 40.1 Å². The molecule has 10 nitrogen and oxygen atoms in total. The van der Waals surface area contributed by atoms with Crippen LogP contribution in [0.1, 0.15) is 15.9 Å². The van der Waals surface area contributed by atoms with Crippen LogP contribution in [0.2, 0.25) is 0 Å². The van der Waals surface area contributed by atoms with E-state index in [0.717, 1.165) is 0 Å². The van der Waals surface area contributed by atoms with E-state index in [1.807, 2.05) is 0 Å². The fourth-order valence-electron chi connectivity index (χ4n) is 1.90. The lowest BCUT2D eigenvalue weighted by Crippen LogP contribution is -2.25. The molecule has 0 bridgehead atoms. The van der Waals surface area contributed by atoms with E-state index >= 15 is 0 Å². The number of hydrogen-bond acceptors (Lipinski definition) is 10. The summed E-state index contributed by atoms with van der Waals surface area (Å²) in [5.41, 5.74) is 0.537. The molecular weight excluding hydrogens is 388 g/mol. The van der Waals surface area contributed by atoms with E-state index in [-0.39, 0.29) is 22.8 Å². The van der Waals surface area contributed by atoms with Gasteiger partial charge in [-0.25, -0.2) is 4.79 Å². The van der Waals surface area contributed by atoms with Crippen molar-refractivity contribution in [1.82, 2.24) is 0 Å². The van der Waals surface area contributed by atoms with Crippen molar-refractivity contribution in [2.75, 3.05) is 19.8 Å². The van der Waals surface area contributed by atoms with Gasteiger partial charge in [-0.2, -0.15) is 0 Å². The van der Waals surface area contributed by atoms with Crippen LogP contribution in [0.25, 0.3) is 0 Å². The van der Waals surface area contributed by atoms with Crippen molar-refractivity contribution in [3.8, 4) is 11.5 Å². The summed E-state index contributed by atoms with van der Waals surface area (Å²) in [6.45, 7) is -1.83. The second-order valence-corrected chi connectivity index (χ2v) is 5.45. The van der Waals surface area contributed by atoms with E-state index in [4.69, 9.17) is 30.3 Å². The second-order valence-electron chi connectivity index (χ2n) is 5.45. The maximum atomic E-state index is 12.3. The number of aliphatic hydroxyl groups excluding tert-OH is 4. The smallest absolute Gasteiger partial charge is 0.346 e. The predicted octanol–water partition coefficient (Wildman–Crippen LogP) is -0.855. The number of aliphatic hydroxyl groups is 5. The molecule has 158 valence electrons. The Morgan fingerprint density at radius 1 is 0.931 bits per heavy atom. The van der Waals surface area contributed by atoms with Crippen LogP contribution in [0.3, 0.4) is 0 Å². The zero-order valence-electron chi connectivity index (χ0n) is 15.2. The van der Waals surface area contributed by atoms with E-state index in [2.05, 4.69) is 4.74 Å². The van der Waals surface area contributed by atoms with Crippen molar-refractivity contribution < 1.29 is 49.7 Å². The number of rotatable bonds is 8. The van der Waals surface area contributed by atoms with E-state index in [1.54, 1.807) is 30.3 Å². The third-order valence-electron chi connectivity index (χ3n) is 3.19. The summed E-state index contributed by atoms with van der Waals surface area (Å²) in [4.78, 5) is 23.6. The maximum Gasteiger partial charge on any atom is 0.346 e. The number of benzene rings is 2. The highest BCUT2D eigenvalue weighted by Crippen LogP contribution is 2.25. The molecule has 0 saturated heterocycles. The molecule has 6 N–H and O–H groups in total. The third-order valence-corrected chi connectivity index (χ3v) is 3.19. The van der Waals surface area contributed by atoms with Gasteiger partial charge >= 0.3 is 5.97 Å². The summed E-state index contributed by atoms with van der Waals surface area (Å²) >= 11 is 0. The average Bonchev–Trinajstić information content (AvgIpc) is 2.72. The standard InChI is InChI=1S/C17H16O7.C2H6O3/c18-9-15(20)24-16(21)10-23-12-6-7-13(14(19)8-12)17(22)11-4-2-1-3-5-11;3-1-2(4)5/h1-8,15,18-20H,9-10H2;2-5H,1H2. The highest BCUT2D eigenvalue weighted by molar-refractivity contribution is 6.10. The Labute approximate surface area is 165 Å². The number of ether oxygens (including phenoxy) is 2. The first kappa shape index (κ1) is 24.0. The molecule has 1 unspecified atom stereocenters. The number of ketones is 1. The fourth-order valence-corrected chi connectivity index (χ4v) is 1.90. The van der Waals surface area contributed by atoms with Crippen molar-refractivity contribution in [1.29, 1.82) is 0 Å². The lowest BCUT2D eigenvalue weighted by Gasteiger charge is -2.11. The van der Waals surface area contributed by atoms with Gasteiger partial charge in [0, 0.05) is 11.6 Å². The van der Waals surface area contributed by atoms with Gasteiger partial charge in [-0.15, -0.1) is 0 Å². The quantitative estimate of drug-likeness (QED) is 0.183. The van der Waals surface area contributed by atoms with Gasteiger partial charge in [-0.3, -0.25) is 4.79 Å². The Hall–Kier alpha value is -3.02. The van der Waals surface area contributed by atoms with Gasteiger partial charge in [0.2, 0.25) is 6.29 Å². The van der Waals surface area contributed by atoms with Gasteiger partial charge in [0.05, 0.1) is 12.2 Å². The van der Waals surface area contributed by atoms with Crippen molar-refractivity contribution in [3.05, 3.63) is 59.7 Å². The molecule has 2 aromatic carbocycles. The highest BCUT2D eigenvalue weighted by Gasteiger charge is 2.15. The number of esters is 1. The lowest BCUT2D eigenvalue weighted by molar-refractivity contribution is -0.175. The molecule has 2 aromatic rings. The minimum Gasteiger partial charge on any atom is -0.507 e. The first-order valence-electron chi connectivity index (χ1n) is 8.29. The molecule has 0 aromatic heterocycles. The number of aromatic hydroxyl groups is 1. The SMILES string of the molecule is O=C(COc1ccc(C(=O)c2ccccc2)c(O)c1)OC(O)CO.OCC(O)O. The van der Waals surface area contributed by atoms with Crippen LogP contribution < -0.4 is 4.74 Å². The van der Waals surface area contributed by atoms with Gasteiger partial charge in [0.15, 0.2) is 18.7 Å². The van der Waals surface area contributed by atoms with Crippen LogP contribution in [-0.2, 0) is 9.53 Å². The zero-order valence-corrected chi connectivity index (χ0v) is 15.2. The van der Waals surface area contributed by atoms with E-state index in [9.17, 15) is 14.7 Å². The summed E-state index contributed by atoms with van der Waals surface area (Å²) in [5.74, 6) is -1.37. The number of carbonyl (C=O) groups is 2. The van der Waals surface area contributed by atoms with Crippen LogP contribution in [0.15, 0.2) is 48.5 Å². The Kier molecular flexibility index (Phi) is 10.3. The van der Waals surface area contributed by atoms with Crippen molar-refractivity contribution in [2.45, 2.75) is 12.6 Å². The van der Waals surface area contributed by atoms with Crippen LogP contribution in [0, 0.1) is 0 Å². The Morgan fingerprint density at radius 2 is 1.55 bits per heavy atom. The molecule has 0 saturated carbocycles. The van der Waals surface area contributed by atoms with E-state index in [1.165, 1.54) is 18.2 Å². The Balaban J connectivity index is 0.000000749. The number of phenolic OH excluding ortho intramolecular Hbond substituents is 1. The van der Waals surface area contributed by atoms with Crippen LogP contribution >= 0.6 is 0 Å². The Bertz CT molecular complexity index is 776. The van der Waals surface area contributed by atoms with Crippen molar-refractivity contribution in [3.63, 3.8) is 0 Å². The molecule has 0 aliphatic carbocycles. The van der Waals surface area contributed by atoms with Crippen molar-refractivity contribution >= 4 is 11.8 Å². The minimum atomic E-state index is -1.61. The monoisotopic (exact) mass is 410 g/mol. The molecule has 0 radical (unpaired) electrons. The fraction of sp³-hybridized carbons (Fsp3) is 0.263. The van der Waals surface area contributed by atoms with Crippen LogP contribution in [0.5, 0.6) is 11.5 Å². The lowest BCUT2D eigenvalue weighted by atomic mass is 10.0. The molecule has 0 fully saturated rings. The first-order valence-corrected chi connectivity index (χ1v) is 8.29. The molecule has 29 heavy (non-hydrogen) atoms. The molecule has 10 heteroatoms. The molecule has 0 aliphatic heterocycles. The molecule has 0 amide bonds. The van der Waals surface area contributed by atoms with Crippen LogP contribution in [-0.4, -0.2) is 74.8 Å². The van der Waals surface area contributed by atoms with E-state index < -0.39 is 38.4 Å². The van der Waals surface area contributed by atoms with Crippen molar-refractivity contribution in [2.24, 2.45) is 0 Å². The summed E-state index contributed by atoms with van der Waals surface area (Å²) in [5, 5.41) is 50.5. The first-order chi connectivity index (χ1) is 13.8. The number of phenols is 1. The molecule has 0 heterocycles. The Morgan fingerprint density at radius 3 is 2.07 bits per heavy atom. The summed E-state index contributed by atoms with van der Waals surface area (Å²) in [6, 6.07) is 12.5. The maximum absolute atomic E-state index is 12.3. The topological polar surface area (TPSA) is 174 Å². The summed E-state index contributed by atoms with van der Waals surface area (Å²) < 4.78 is 9.49. The molecule has 0 spiro atoms. The highest BCUT2D eigenvalue weighted by atomic mass is 16.7. The molecular formula is C19H22O10. The molecule has 0 aliphatic rings. The summed E-state index contributed by atoms with van der Waals surface area (Å²) in [7, 11) is 0. The number of carbonyl (C=O) groups excluding carboxylic acids is 2. The molecule has 2 rings (SSSR count). The minimum absolute atomic E-state index is 0.104. The van der Waals surface area contributed by atoms with Gasteiger partial charge in [0.1, 0.15) is 18.1 Å². The predicted molar refractivity (Wildman–Crippen MR) is 98.0 cm³/mol. The normalized spacial score (nSPS) is 11.2. The van der Waals surface area contributed by atoms with Gasteiger partial charge in [-0.1, -0.05) is 30.3 Å². The molecule has 1 atom stereocenters. The van der Waals surface area contributed by atoms with Crippen LogP contribution in [0.4, 0.5) is 0 Å².